The number of carboxylic acid groups (broad SMARTS) is 1. The van der Waals surface area contributed by atoms with E-state index >= 15 is 0 Å². The number of azide groups is 1. The molecule has 0 saturated carbocycles. The van der Waals surface area contributed by atoms with E-state index in [-0.39, 0.29) is 19.4 Å². The molecule has 3 atom stereocenters. The highest BCUT2D eigenvalue weighted by atomic mass is 16.4. The van der Waals surface area contributed by atoms with Gasteiger partial charge >= 0.3 is 5.97 Å². The molecular weight excluding hydrogens is 424 g/mol. The molecule has 0 fully saturated rings. The lowest BCUT2D eigenvalue weighted by Gasteiger charge is -2.23. The van der Waals surface area contributed by atoms with Gasteiger partial charge in [-0.1, -0.05) is 0 Å². The number of unbranched alkanes of at least 4 members (excludes halogenated alkanes) is 1. The van der Waals surface area contributed by atoms with Gasteiger partial charge in [-0.05, 0) is 31.4 Å². The molecule has 0 aliphatic heterocycles. The number of aliphatic carboxylic acids is 1. The van der Waals surface area contributed by atoms with Gasteiger partial charge in [0.25, 0.3) is 0 Å². The first kappa shape index (κ1) is 26.2. The van der Waals surface area contributed by atoms with E-state index in [2.05, 4.69) is 41.5 Å². The van der Waals surface area contributed by atoms with Crippen LogP contribution in [-0.2, 0) is 25.6 Å². The first-order valence-corrected chi connectivity index (χ1v) is 9.86. The number of nitrogens with zero attached hydrogens (tertiary/aromatic N) is 4. The first-order valence-electron chi connectivity index (χ1n) is 9.86. The summed E-state index contributed by atoms with van der Waals surface area (Å²) < 4.78 is 0. The average molecular weight is 452 g/mol. The Morgan fingerprint density at radius 2 is 1.94 bits per heavy atom. The van der Waals surface area contributed by atoms with Gasteiger partial charge in [0.15, 0.2) is 0 Å². The molecule has 0 aliphatic rings. The maximum absolute atomic E-state index is 12.8. The van der Waals surface area contributed by atoms with Gasteiger partial charge in [-0.25, -0.2) is 9.78 Å². The maximum Gasteiger partial charge on any atom is 0.326 e. The fraction of sp³-hybridized carbons (Fsp3) is 0.588. The third-order valence-electron chi connectivity index (χ3n) is 4.32. The Morgan fingerprint density at radius 3 is 2.53 bits per heavy atom. The van der Waals surface area contributed by atoms with Gasteiger partial charge in [-0.2, -0.15) is 4.91 Å². The molecule has 176 valence electrons. The molecule has 0 bridgehead atoms. The molecule has 15 nitrogen and oxygen atoms in total. The smallest absolute Gasteiger partial charge is 0.326 e. The van der Waals surface area contributed by atoms with Crippen molar-refractivity contribution in [1.82, 2.24) is 31.3 Å². The minimum Gasteiger partial charge on any atom is -0.480 e. The van der Waals surface area contributed by atoms with Crippen molar-refractivity contribution >= 4 is 23.7 Å². The highest BCUT2D eigenvalue weighted by Crippen LogP contribution is 2.05. The number of aromatic nitrogens is 2. The molecule has 1 aromatic heterocycles. The Kier molecular flexibility index (Phi) is 11.6. The summed E-state index contributed by atoms with van der Waals surface area (Å²) in [6.07, 6.45) is 4.03. The average Bonchev–Trinajstić information content (AvgIpc) is 3.27. The molecular formula is C17H28N10O5. The molecule has 8 N–H and O–H groups in total. The molecule has 1 heterocycles. The number of nitrogens with two attached hydrogens (primary N) is 1. The van der Waals surface area contributed by atoms with Crippen molar-refractivity contribution in [2.24, 2.45) is 11.0 Å². The van der Waals surface area contributed by atoms with Gasteiger partial charge in [-0.3, -0.25) is 19.8 Å². The number of imidazole rings is 1. The van der Waals surface area contributed by atoms with Gasteiger partial charge < -0.3 is 31.8 Å². The number of carbonyl (C=O) groups excluding carboxylic acids is 3. The molecule has 0 radical (unpaired) electrons. The van der Waals surface area contributed by atoms with Crippen molar-refractivity contribution < 1.29 is 24.3 Å². The molecule has 1 rings (SSSR count). The topological polar surface area (TPSA) is 240 Å². The quantitative estimate of drug-likeness (QED) is 0.0539. The van der Waals surface area contributed by atoms with Crippen molar-refractivity contribution in [3.8, 4) is 0 Å². The van der Waals surface area contributed by atoms with E-state index in [0.29, 0.717) is 25.1 Å². The Balaban J connectivity index is 2.77. The van der Waals surface area contributed by atoms with Crippen molar-refractivity contribution in [1.29, 1.82) is 0 Å². The summed E-state index contributed by atoms with van der Waals surface area (Å²) in [4.78, 5) is 57.5. The van der Waals surface area contributed by atoms with Crippen LogP contribution >= 0.6 is 0 Å². The molecule has 0 aliphatic carbocycles. The van der Waals surface area contributed by atoms with E-state index in [1.165, 1.54) is 19.4 Å². The van der Waals surface area contributed by atoms with Gasteiger partial charge in [0, 0.05) is 12.6 Å². The number of hydrogen-bond acceptors (Lipinski definition) is 7. The van der Waals surface area contributed by atoms with E-state index in [9.17, 15) is 24.3 Å². The Morgan fingerprint density at radius 1 is 1.22 bits per heavy atom. The molecule has 3 amide bonds. The summed E-state index contributed by atoms with van der Waals surface area (Å²) in [6, 6.07) is -3.27. The predicted molar refractivity (Wildman–Crippen MR) is 111 cm³/mol. The second kappa shape index (κ2) is 14.2. The number of carboxylic acids is 1. The second-order valence-corrected chi connectivity index (χ2v) is 6.81. The highest BCUT2D eigenvalue weighted by Gasteiger charge is 2.28. The number of hydrogen-bond donors (Lipinski definition) is 7. The van der Waals surface area contributed by atoms with Crippen LogP contribution in [0.1, 0.15) is 31.9 Å². The van der Waals surface area contributed by atoms with E-state index in [4.69, 9.17) is 11.3 Å². The van der Waals surface area contributed by atoms with Crippen LogP contribution in [-0.4, -0.2) is 70.0 Å². The number of H-pyrrole nitrogens is 1. The van der Waals surface area contributed by atoms with Crippen LogP contribution < -0.4 is 27.1 Å². The summed E-state index contributed by atoms with van der Waals surface area (Å²) in [5.41, 5.74) is 16.3. The zero-order chi connectivity index (χ0) is 23.9. The van der Waals surface area contributed by atoms with Gasteiger partial charge in [0.1, 0.15) is 18.1 Å². The summed E-state index contributed by atoms with van der Waals surface area (Å²) in [6.45, 7) is 1.49. The summed E-state index contributed by atoms with van der Waals surface area (Å²) in [5, 5.41) is 19.9. The van der Waals surface area contributed by atoms with Gasteiger partial charge in [0.05, 0.1) is 25.1 Å². The zero-order valence-corrected chi connectivity index (χ0v) is 17.6. The molecule has 32 heavy (non-hydrogen) atoms. The third-order valence-corrected chi connectivity index (χ3v) is 4.32. The van der Waals surface area contributed by atoms with Crippen LogP contribution in [0.3, 0.4) is 0 Å². The molecule has 1 aromatic rings. The van der Waals surface area contributed by atoms with Gasteiger partial charge in [-0.15, -0.1) is 5.53 Å². The van der Waals surface area contributed by atoms with Crippen LogP contribution in [0.25, 0.3) is 10.4 Å². The lowest BCUT2D eigenvalue weighted by Crippen LogP contribution is -2.56. The number of amides is 3. The fourth-order valence-electron chi connectivity index (χ4n) is 2.65. The van der Waals surface area contributed by atoms with Crippen molar-refractivity contribution in [3.63, 3.8) is 0 Å². The first-order chi connectivity index (χ1) is 15.3. The molecule has 15 heteroatoms. The van der Waals surface area contributed by atoms with E-state index in [1.807, 2.05) is 0 Å². The summed E-state index contributed by atoms with van der Waals surface area (Å²) in [7, 11) is 0. The van der Waals surface area contributed by atoms with E-state index < -0.39 is 41.8 Å². The van der Waals surface area contributed by atoms with Crippen LogP contribution in [0.15, 0.2) is 17.7 Å². The molecule has 0 spiro atoms. The standard InChI is InChI=1S/C17H28N10O5/c1-10(23-14(28)7-18)15(29)25-13(6-11-8-20-9-21-11)16(30)24-12(17(31)32)4-2-3-5-22-27-26-19/h8-10,12-13,22H,2-7,18H2,1H3,(H,20,21)(H,23,28)(H,24,30)(H,25,29)(H,31,32)/t10-,12-,13-/m0/s1. The van der Waals surface area contributed by atoms with Gasteiger partial charge in [0.2, 0.25) is 17.7 Å². The molecule has 0 aromatic carbocycles. The Hall–Kier alpha value is -3.84. The number of rotatable bonds is 15. The van der Waals surface area contributed by atoms with Crippen molar-refractivity contribution in [3.05, 3.63) is 28.7 Å². The predicted octanol–water partition coefficient (Wildman–Crippen LogP) is -1.54. The number of nitrogens with one attached hydrogen (secondary N) is 5. The normalized spacial score (nSPS) is 13.1. The third kappa shape index (κ3) is 9.77. The van der Waals surface area contributed by atoms with Crippen molar-refractivity contribution in [2.45, 2.75) is 50.7 Å². The lowest BCUT2D eigenvalue weighted by atomic mass is 10.1. The monoisotopic (exact) mass is 452 g/mol. The van der Waals surface area contributed by atoms with Crippen LogP contribution in [0.2, 0.25) is 0 Å². The number of aromatic amines is 1. The van der Waals surface area contributed by atoms with E-state index in [0.717, 1.165) is 0 Å². The number of carbonyl (C=O) groups is 4. The second-order valence-electron chi connectivity index (χ2n) is 6.81. The SMILES string of the molecule is C[C@H](NC(=O)CN)C(=O)N[C@@H](Cc1c[nH]cn1)C(=O)N[C@@H](CCCCNN=[N+]=[N-])C(=O)O. The van der Waals surface area contributed by atoms with Crippen LogP contribution in [0.5, 0.6) is 0 Å². The van der Waals surface area contributed by atoms with E-state index in [1.54, 1.807) is 0 Å². The van der Waals surface area contributed by atoms with Crippen LogP contribution in [0.4, 0.5) is 0 Å². The Labute approximate surface area is 183 Å². The zero-order valence-electron chi connectivity index (χ0n) is 17.6. The highest BCUT2D eigenvalue weighted by molar-refractivity contribution is 5.93. The largest absolute Gasteiger partial charge is 0.480 e. The van der Waals surface area contributed by atoms with Crippen molar-refractivity contribution in [2.75, 3.05) is 13.1 Å². The minimum atomic E-state index is -1.23. The Bertz CT molecular complexity index is 809. The fourth-order valence-corrected chi connectivity index (χ4v) is 2.65. The summed E-state index contributed by atoms with van der Waals surface area (Å²) in [5.74, 6) is -3.12. The lowest BCUT2D eigenvalue weighted by molar-refractivity contribution is -0.142. The summed E-state index contributed by atoms with van der Waals surface area (Å²) >= 11 is 0. The minimum absolute atomic E-state index is 0.00104. The molecule has 0 saturated heterocycles. The maximum atomic E-state index is 12.8. The van der Waals surface area contributed by atoms with Crippen LogP contribution in [0, 0.1) is 0 Å². The molecule has 0 unspecified atom stereocenters.